The molecule has 6 heteroatoms. The highest BCUT2D eigenvalue weighted by Gasteiger charge is 2.11. The van der Waals surface area contributed by atoms with E-state index in [1.165, 1.54) is 7.11 Å². The third-order valence-electron chi connectivity index (χ3n) is 2.48. The third kappa shape index (κ3) is 3.54. The van der Waals surface area contributed by atoms with Gasteiger partial charge in [0.25, 0.3) is 0 Å². The molecule has 0 aliphatic heterocycles. The summed E-state index contributed by atoms with van der Waals surface area (Å²) in [6.45, 7) is 2.61. The Morgan fingerprint density at radius 2 is 2.32 bits per heavy atom. The summed E-state index contributed by atoms with van der Waals surface area (Å²) in [5.41, 5.74) is 2.38. The van der Waals surface area contributed by atoms with E-state index in [1.807, 2.05) is 24.4 Å². The fraction of sp³-hybridized carbons (Fsp3) is 0.231. The van der Waals surface area contributed by atoms with Gasteiger partial charge in [-0.05, 0) is 41.1 Å². The van der Waals surface area contributed by atoms with Crippen LogP contribution in [0.15, 0.2) is 28.1 Å². The molecular weight excluding hydrogens is 328 g/mol. The van der Waals surface area contributed by atoms with Crippen LogP contribution < -0.4 is 5.32 Å². The fourth-order valence-electron chi connectivity index (χ4n) is 1.56. The molecule has 2 aromatic rings. The minimum atomic E-state index is -0.361. The number of methoxy groups -OCH3 is 1. The van der Waals surface area contributed by atoms with Crippen LogP contribution in [0, 0.1) is 6.92 Å². The summed E-state index contributed by atoms with van der Waals surface area (Å²) in [6.07, 6.45) is 0. The Bertz CT molecular complexity index is 598. The summed E-state index contributed by atoms with van der Waals surface area (Å²) in [5, 5.41) is 6.27. The van der Waals surface area contributed by atoms with Gasteiger partial charge >= 0.3 is 5.97 Å². The Labute approximate surface area is 124 Å². The van der Waals surface area contributed by atoms with E-state index in [9.17, 15) is 4.79 Å². The Hall–Kier alpha value is -1.40. The minimum absolute atomic E-state index is 0.361. The van der Waals surface area contributed by atoms with Crippen molar-refractivity contribution >= 4 is 38.9 Å². The van der Waals surface area contributed by atoms with Gasteiger partial charge in [0.15, 0.2) is 0 Å². The molecule has 0 aliphatic carbocycles. The van der Waals surface area contributed by atoms with Gasteiger partial charge in [0.2, 0.25) is 0 Å². The number of hydrogen-bond acceptors (Lipinski definition) is 5. The second-order valence-electron chi connectivity index (χ2n) is 3.92. The van der Waals surface area contributed by atoms with Crippen molar-refractivity contribution in [1.82, 2.24) is 4.98 Å². The number of carbonyl (C=O) groups is 1. The zero-order valence-electron chi connectivity index (χ0n) is 10.6. The zero-order valence-corrected chi connectivity index (χ0v) is 13.0. The molecule has 0 saturated carbocycles. The van der Waals surface area contributed by atoms with Crippen LogP contribution >= 0.6 is 27.3 Å². The molecule has 19 heavy (non-hydrogen) atoms. The molecule has 1 aromatic carbocycles. The van der Waals surface area contributed by atoms with E-state index >= 15 is 0 Å². The first kappa shape index (κ1) is 14.0. The maximum absolute atomic E-state index is 11.6. The van der Waals surface area contributed by atoms with E-state index in [4.69, 9.17) is 4.74 Å². The molecule has 0 spiro atoms. The number of benzene rings is 1. The van der Waals surface area contributed by atoms with Gasteiger partial charge in [-0.3, -0.25) is 0 Å². The van der Waals surface area contributed by atoms with Crippen LogP contribution in [-0.2, 0) is 11.3 Å². The molecule has 0 amide bonds. The van der Waals surface area contributed by atoms with Crippen molar-refractivity contribution in [3.8, 4) is 0 Å². The van der Waals surface area contributed by atoms with E-state index < -0.39 is 0 Å². The fourth-order valence-corrected chi connectivity index (χ4v) is 2.68. The topological polar surface area (TPSA) is 51.2 Å². The molecule has 100 valence electrons. The van der Waals surface area contributed by atoms with Crippen molar-refractivity contribution in [2.24, 2.45) is 0 Å². The summed E-state index contributed by atoms with van der Waals surface area (Å²) in [5.74, 6) is -0.361. The highest BCUT2D eigenvalue weighted by atomic mass is 79.9. The molecule has 0 bridgehead atoms. The average Bonchev–Trinajstić information content (AvgIpc) is 2.83. The van der Waals surface area contributed by atoms with Gasteiger partial charge < -0.3 is 10.1 Å². The maximum atomic E-state index is 11.6. The van der Waals surface area contributed by atoms with Crippen LogP contribution in [0.1, 0.15) is 21.1 Å². The van der Waals surface area contributed by atoms with Crippen LogP contribution in [0.5, 0.6) is 0 Å². The van der Waals surface area contributed by atoms with E-state index in [0.717, 1.165) is 20.9 Å². The van der Waals surface area contributed by atoms with Gasteiger partial charge in [-0.25, -0.2) is 9.78 Å². The molecule has 1 aromatic heterocycles. The van der Waals surface area contributed by atoms with Crippen molar-refractivity contribution in [3.63, 3.8) is 0 Å². The summed E-state index contributed by atoms with van der Waals surface area (Å²) in [6, 6.07) is 5.48. The molecule has 2 rings (SSSR count). The average molecular weight is 341 g/mol. The lowest BCUT2D eigenvalue weighted by Crippen LogP contribution is -2.05. The monoisotopic (exact) mass is 340 g/mol. The molecule has 1 N–H and O–H groups in total. The standard InChI is InChI=1S/C13H13BrN2O2S/c1-8-7-19-12(16-8)6-15-9-3-4-11(14)10(5-9)13(17)18-2/h3-5,7,15H,6H2,1-2H3. The molecular formula is C13H13BrN2O2S. The van der Waals surface area contributed by atoms with E-state index in [0.29, 0.717) is 12.1 Å². The number of nitrogens with one attached hydrogen (secondary N) is 1. The molecule has 1 heterocycles. The number of thiazole rings is 1. The predicted molar refractivity (Wildman–Crippen MR) is 79.7 cm³/mol. The number of carbonyl (C=O) groups excluding carboxylic acids is 1. The molecule has 0 unspecified atom stereocenters. The number of rotatable bonds is 4. The number of esters is 1. The number of aryl methyl sites for hydroxylation is 1. The first-order valence-corrected chi connectivity index (χ1v) is 7.30. The number of nitrogens with zero attached hydrogens (tertiary/aromatic N) is 1. The molecule has 0 fully saturated rings. The van der Waals surface area contributed by atoms with Gasteiger partial charge in [-0.15, -0.1) is 11.3 Å². The molecule has 0 saturated heterocycles. The minimum Gasteiger partial charge on any atom is -0.465 e. The van der Waals surface area contributed by atoms with Crippen molar-refractivity contribution < 1.29 is 9.53 Å². The van der Waals surface area contributed by atoms with Gasteiger partial charge in [-0.2, -0.15) is 0 Å². The summed E-state index contributed by atoms with van der Waals surface area (Å²) < 4.78 is 5.45. The van der Waals surface area contributed by atoms with Crippen LogP contribution in [0.2, 0.25) is 0 Å². The SMILES string of the molecule is COC(=O)c1cc(NCc2nc(C)cs2)ccc1Br. The second-order valence-corrected chi connectivity index (χ2v) is 5.72. The highest BCUT2D eigenvalue weighted by molar-refractivity contribution is 9.10. The van der Waals surface area contributed by atoms with Crippen LogP contribution in [0.25, 0.3) is 0 Å². The molecule has 0 radical (unpaired) electrons. The lowest BCUT2D eigenvalue weighted by atomic mass is 10.2. The van der Waals surface area contributed by atoms with Crippen molar-refractivity contribution in [2.75, 3.05) is 12.4 Å². The zero-order chi connectivity index (χ0) is 13.8. The summed E-state index contributed by atoms with van der Waals surface area (Å²) in [4.78, 5) is 15.9. The van der Waals surface area contributed by atoms with Crippen LogP contribution in [0.3, 0.4) is 0 Å². The number of ether oxygens (including phenoxy) is 1. The normalized spacial score (nSPS) is 10.3. The summed E-state index contributed by atoms with van der Waals surface area (Å²) >= 11 is 4.94. The quantitative estimate of drug-likeness (QED) is 0.863. The van der Waals surface area contributed by atoms with Crippen molar-refractivity contribution in [3.05, 3.63) is 44.3 Å². The third-order valence-corrected chi connectivity index (χ3v) is 4.14. The summed E-state index contributed by atoms with van der Waals surface area (Å²) in [7, 11) is 1.37. The lowest BCUT2D eigenvalue weighted by Gasteiger charge is -2.08. The number of hydrogen-bond donors (Lipinski definition) is 1. The first-order chi connectivity index (χ1) is 9.10. The Balaban J connectivity index is 2.10. The lowest BCUT2D eigenvalue weighted by molar-refractivity contribution is 0.0600. The van der Waals surface area contributed by atoms with Gasteiger partial charge in [0, 0.05) is 21.2 Å². The highest BCUT2D eigenvalue weighted by Crippen LogP contribution is 2.22. The number of anilines is 1. The second kappa shape index (κ2) is 6.16. The Morgan fingerprint density at radius 1 is 1.53 bits per heavy atom. The van der Waals surface area contributed by atoms with Gasteiger partial charge in [0.1, 0.15) is 5.01 Å². The largest absolute Gasteiger partial charge is 0.465 e. The molecule has 0 atom stereocenters. The predicted octanol–water partition coefficient (Wildman–Crippen LogP) is 3.61. The smallest absolute Gasteiger partial charge is 0.339 e. The van der Waals surface area contributed by atoms with E-state index in [-0.39, 0.29) is 5.97 Å². The Kier molecular flexibility index (Phi) is 4.55. The van der Waals surface area contributed by atoms with Gasteiger partial charge in [0.05, 0.1) is 19.2 Å². The van der Waals surface area contributed by atoms with E-state index in [1.54, 1.807) is 17.4 Å². The van der Waals surface area contributed by atoms with E-state index in [2.05, 4.69) is 26.2 Å². The van der Waals surface area contributed by atoms with Crippen LogP contribution in [-0.4, -0.2) is 18.1 Å². The van der Waals surface area contributed by atoms with Crippen molar-refractivity contribution in [1.29, 1.82) is 0 Å². The van der Waals surface area contributed by atoms with Gasteiger partial charge in [-0.1, -0.05) is 0 Å². The van der Waals surface area contributed by atoms with Crippen LogP contribution in [0.4, 0.5) is 5.69 Å². The number of aromatic nitrogens is 1. The number of halogens is 1. The molecule has 4 nitrogen and oxygen atoms in total. The molecule has 0 aliphatic rings. The maximum Gasteiger partial charge on any atom is 0.339 e. The van der Waals surface area contributed by atoms with Crippen molar-refractivity contribution in [2.45, 2.75) is 13.5 Å². The first-order valence-electron chi connectivity index (χ1n) is 5.63. The Morgan fingerprint density at radius 3 is 2.95 bits per heavy atom.